The van der Waals surface area contributed by atoms with Crippen LogP contribution in [0.3, 0.4) is 0 Å². The quantitative estimate of drug-likeness (QED) is 0.923. The number of piperidine rings is 1. The van der Waals surface area contributed by atoms with E-state index >= 15 is 0 Å². The highest BCUT2D eigenvalue weighted by Gasteiger charge is 2.14. The van der Waals surface area contributed by atoms with Gasteiger partial charge in [-0.2, -0.15) is 0 Å². The molecule has 0 atom stereocenters. The zero-order chi connectivity index (χ0) is 13.7. The maximum absolute atomic E-state index is 11.4. The molecule has 0 unspecified atom stereocenters. The van der Waals surface area contributed by atoms with Crippen LogP contribution >= 0.6 is 11.6 Å². The number of amides is 1. The van der Waals surface area contributed by atoms with Crippen LogP contribution in [0.15, 0.2) is 18.2 Å². The molecule has 104 valence electrons. The van der Waals surface area contributed by atoms with Crippen molar-refractivity contribution in [3.8, 4) is 0 Å². The number of nitrogens with one attached hydrogen (secondary N) is 1. The first-order valence-corrected chi connectivity index (χ1v) is 6.92. The van der Waals surface area contributed by atoms with Crippen molar-refractivity contribution in [1.29, 1.82) is 0 Å². The third kappa shape index (κ3) is 3.85. The molecule has 19 heavy (non-hydrogen) atoms. The molecule has 2 rings (SSSR count). The molecule has 1 amide bonds. The SMILES string of the molecule is COCC(=O)Nc1ccc(N2CCCCC2)c(Cl)c1. The Bertz CT molecular complexity index is 445. The van der Waals surface area contributed by atoms with Crippen molar-refractivity contribution in [3.63, 3.8) is 0 Å². The Kier molecular flexibility index (Phi) is 5.05. The van der Waals surface area contributed by atoms with Gasteiger partial charge in [-0.25, -0.2) is 0 Å². The fraction of sp³-hybridized carbons (Fsp3) is 0.500. The second kappa shape index (κ2) is 6.78. The van der Waals surface area contributed by atoms with E-state index in [1.165, 1.54) is 26.4 Å². The third-order valence-electron chi connectivity index (χ3n) is 3.20. The van der Waals surface area contributed by atoms with Crippen LogP contribution in [0.1, 0.15) is 19.3 Å². The summed E-state index contributed by atoms with van der Waals surface area (Å²) < 4.78 is 4.77. The monoisotopic (exact) mass is 282 g/mol. The Morgan fingerprint density at radius 3 is 2.74 bits per heavy atom. The van der Waals surface area contributed by atoms with E-state index in [1.807, 2.05) is 12.1 Å². The van der Waals surface area contributed by atoms with Gasteiger partial charge in [0.1, 0.15) is 6.61 Å². The van der Waals surface area contributed by atoms with E-state index in [1.54, 1.807) is 6.07 Å². The van der Waals surface area contributed by atoms with Crippen molar-refractivity contribution in [2.75, 3.05) is 37.0 Å². The van der Waals surface area contributed by atoms with Gasteiger partial charge in [-0.15, -0.1) is 0 Å². The minimum Gasteiger partial charge on any atom is -0.375 e. The number of benzene rings is 1. The van der Waals surface area contributed by atoms with E-state index in [4.69, 9.17) is 16.3 Å². The van der Waals surface area contributed by atoms with Crippen molar-refractivity contribution in [2.45, 2.75) is 19.3 Å². The topological polar surface area (TPSA) is 41.6 Å². The zero-order valence-electron chi connectivity index (χ0n) is 11.1. The number of carbonyl (C=O) groups is 1. The van der Waals surface area contributed by atoms with Gasteiger partial charge in [-0.05, 0) is 37.5 Å². The second-order valence-electron chi connectivity index (χ2n) is 4.70. The van der Waals surface area contributed by atoms with Gasteiger partial charge in [0.05, 0.1) is 10.7 Å². The molecule has 1 aliphatic heterocycles. The summed E-state index contributed by atoms with van der Waals surface area (Å²) in [4.78, 5) is 13.7. The molecule has 1 aromatic carbocycles. The van der Waals surface area contributed by atoms with Crippen LogP contribution in [0.5, 0.6) is 0 Å². The largest absolute Gasteiger partial charge is 0.375 e. The molecule has 5 heteroatoms. The normalized spacial score (nSPS) is 15.4. The number of hydrogen-bond acceptors (Lipinski definition) is 3. The smallest absolute Gasteiger partial charge is 0.250 e. The fourth-order valence-electron chi connectivity index (χ4n) is 2.30. The number of rotatable bonds is 4. The minimum atomic E-state index is -0.177. The van der Waals surface area contributed by atoms with E-state index in [0.717, 1.165) is 18.8 Å². The van der Waals surface area contributed by atoms with Gasteiger partial charge in [-0.1, -0.05) is 11.6 Å². The van der Waals surface area contributed by atoms with Gasteiger partial charge < -0.3 is 15.0 Å². The van der Waals surface area contributed by atoms with Gasteiger partial charge in [-0.3, -0.25) is 4.79 Å². The summed E-state index contributed by atoms with van der Waals surface area (Å²) in [7, 11) is 1.49. The predicted molar refractivity (Wildman–Crippen MR) is 78.0 cm³/mol. The van der Waals surface area contributed by atoms with Crippen LogP contribution < -0.4 is 10.2 Å². The number of methoxy groups -OCH3 is 1. The molecule has 0 aliphatic carbocycles. The van der Waals surface area contributed by atoms with Crippen molar-refractivity contribution in [1.82, 2.24) is 0 Å². The number of ether oxygens (including phenoxy) is 1. The molecule has 1 aliphatic rings. The van der Waals surface area contributed by atoms with E-state index in [9.17, 15) is 4.79 Å². The summed E-state index contributed by atoms with van der Waals surface area (Å²) in [6.07, 6.45) is 3.71. The second-order valence-corrected chi connectivity index (χ2v) is 5.10. The lowest BCUT2D eigenvalue weighted by Gasteiger charge is -2.29. The number of hydrogen-bond donors (Lipinski definition) is 1. The first-order chi connectivity index (χ1) is 9.20. The predicted octanol–water partition coefficient (Wildman–Crippen LogP) is 2.92. The maximum Gasteiger partial charge on any atom is 0.250 e. The average molecular weight is 283 g/mol. The molecule has 1 N–H and O–H groups in total. The maximum atomic E-state index is 11.4. The van der Waals surface area contributed by atoms with Crippen LogP contribution in [0.25, 0.3) is 0 Å². The summed E-state index contributed by atoms with van der Waals surface area (Å²) in [6, 6.07) is 5.64. The molecule has 0 radical (unpaired) electrons. The Hall–Kier alpha value is -1.26. The summed E-state index contributed by atoms with van der Waals surface area (Å²) in [5.74, 6) is -0.177. The molecule has 4 nitrogen and oxygen atoms in total. The van der Waals surface area contributed by atoms with Crippen LogP contribution in [0, 0.1) is 0 Å². The Labute approximate surface area is 118 Å². The number of anilines is 2. The Morgan fingerprint density at radius 1 is 1.37 bits per heavy atom. The van der Waals surface area contributed by atoms with Crippen LogP contribution in [0.2, 0.25) is 5.02 Å². The van der Waals surface area contributed by atoms with Crippen LogP contribution in [-0.4, -0.2) is 32.7 Å². The number of nitrogens with zero attached hydrogens (tertiary/aromatic N) is 1. The van der Waals surface area contributed by atoms with Crippen molar-refractivity contribution in [3.05, 3.63) is 23.2 Å². The lowest BCUT2D eigenvalue weighted by molar-refractivity contribution is -0.119. The molecule has 0 saturated carbocycles. The van der Waals surface area contributed by atoms with Gasteiger partial charge in [0.2, 0.25) is 5.91 Å². The van der Waals surface area contributed by atoms with E-state index in [2.05, 4.69) is 10.2 Å². The molecular weight excluding hydrogens is 264 g/mol. The molecule has 1 heterocycles. The van der Waals surface area contributed by atoms with E-state index in [-0.39, 0.29) is 12.5 Å². The molecule has 1 aromatic rings. The standard InChI is InChI=1S/C14H19ClN2O2/c1-19-10-14(18)16-11-5-6-13(12(15)9-11)17-7-3-2-4-8-17/h5-6,9H,2-4,7-8,10H2,1H3,(H,16,18). The number of halogens is 1. The molecular formula is C14H19ClN2O2. The summed E-state index contributed by atoms with van der Waals surface area (Å²) in [5.41, 5.74) is 1.75. The molecule has 0 spiro atoms. The summed E-state index contributed by atoms with van der Waals surface area (Å²) in [6.45, 7) is 2.15. The first kappa shape index (κ1) is 14.2. The fourth-order valence-corrected chi connectivity index (χ4v) is 2.60. The van der Waals surface area contributed by atoms with Crippen LogP contribution in [0.4, 0.5) is 11.4 Å². The van der Waals surface area contributed by atoms with Gasteiger partial charge in [0.25, 0.3) is 0 Å². The van der Waals surface area contributed by atoms with Crippen molar-refractivity contribution < 1.29 is 9.53 Å². The van der Waals surface area contributed by atoms with E-state index < -0.39 is 0 Å². The molecule has 1 saturated heterocycles. The lowest BCUT2D eigenvalue weighted by Crippen LogP contribution is -2.29. The Balaban J connectivity index is 2.06. The highest BCUT2D eigenvalue weighted by molar-refractivity contribution is 6.33. The Morgan fingerprint density at radius 2 is 2.11 bits per heavy atom. The number of carbonyl (C=O) groups excluding carboxylic acids is 1. The van der Waals surface area contributed by atoms with E-state index in [0.29, 0.717) is 10.7 Å². The van der Waals surface area contributed by atoms with Crippen molar-refractivity contribution >= 4 is 28.9 Å². The highest BCUT2D eigenvalue weighted by Crippen LogP contribution is 2.30. The lowest BCUT2D eigenvalue weighted by atomic mass is 10.1. The minimum absolute atomic E-state index is 0.0471. The molecule has 0 aromatic heterocycles. The van der Waals surface area contributed by atoms with Gasteiger partial charge in [0, 0.05) is 25.9 Å². The average Bonchev–Trinajstić information content (AvgIpc) is 2.40. The highest BCUT2D eigenvalue weighted by atomic mass is 35.5. The van der Waals surface area contributed by atoms with Crippen molar-refractivity contribution in [2.24, 2.45) is 0 Å². The summed E-state index contributed by atoms with van der Waals surface area (Å²) >= 11 is 6.30. The third-order valence-corrected chi connectivity index (χ3v) is 3.51. The zero-order valence-corrected chi connectivity index (χ0v) is 11.9. The molecule has 0 bridgehead atoms. The van der Waals surface area contributed by atoms with Crippen LogP contribution in [-0.2, 0) is 9.53 Å². The summed E-state index contributed by atoms with van der Waals surface area (Å²) in [5, 5.41) is 3.42. The molecule has 1 fully saturated rings. The first-order valence-electron chi connectivity index (χ1n) is 6.54. The van der Waals surface area contributed by atoms with Gasteiger partial charge >= 0.3 is 0 Å². The van der Waals surface area contributed by atoms with Gasteiger partial charge in [0.15, 0.2) is 0 Å².